The maximum atomic E-state index is 13.1. The highest BCUT2D eigenvalue weighted by Gasteiger charge is 2.67. The molecule has 0 radical (unpaired) electrons. The monoisotopic (exact) mass is 362 g/mol. The first-order chi connectivity index (χ1) is 12.1. The van der Waals surface area contributed by atoms with E-state index in [9.17, 15) is 19.5 Å². The lowest BCUT2D eigenvalue weighted by Crippen LogP contribution is -2.67. The molecule has 0 heterocycles. The Bertz CT molecular complexity index is 671. The van der Waals surface area contributed by atoms with Gasteiger partial charge in [-0.25, -0.2) is 0 Å². The van der Waals surface area contributed by atoms with E-state index in [1.807, 2.05) is 0 Å². The summed E-state index contributed by atoms with van der Waals surface area (Å²) in [6.45, 7) is 5.52. The zero-order chi connectivity index (χ0) is 18.9. The minimum absolute atomic E-state index is 0.110. The van der Waals surface area contributed by atoms with E-state index in [1.165, 1.54) is 6.92 Å². The van der Waals surface area contributed by atoms with Crippen LogP contribution in [0.5, 0.6) is 0 Å². The molecule has 1 N–H and O–H groups in total. The molecule has 5 nitrogen and oxygen atoms in total. The van der Waals surface area contributed by atoms with Gasteiger partial charge in [0.05, 0.1) is 0 Å². The molecule has 26 heavy (non-hydrogen) atoms. The third-order valence-corrected chi connectivity index (χ3v) is 8.63. The average Bonchev–Trinajstić information content (AvgIpc) is 2.86. The van der Waals surface area contributed by atoms with Crippen molar-refractivity contribution in [2.45, 2.75) is 83.8 Å². The highest BCUT2D eigenvalue weighted by Crippen LogP contribution is 2.65. The van der Waals surface area contributed by atoms with Crippen LogP contribution in [-0.4, -0.2) is 34.3 Å². The van der Waals surface area contributed by atoms with Gasteiger partial charge in [0.15, 0.2) is 5.78 Å². The van der Waals surface area contributed by atoms with Gasteiger partial charge < -0.3 is 9.84 Å². The van der Waals surface area contributed by atoms with Gasteiger partial charge >= 0.3 is 5.97 Å². The molecule has 0 unspecified atom stereocenters. The van der Waals surface area contributed by atoms with Crippen LogP contribution < -0.4 is 0 Å². The van der Waals surface area contributed by atoms with Gasteiger partial charge in [-0.15, -0.1) is 0 Å². The van der Waals surface area contributed by atoms with Crippen LogP contribution in [0.4, 0.5) is 0 Å². The van der Waals surface area contributed by atoms with Crippen molar-refractivity contribution in [2.75, 3.05) is 0 Å². The van der Waals surface area contributed by atoms with Crippen molar-refractivity contribution in [2.24, 2.45) is 28.6 Å². The third kappa shape index (κ3) is 2.22. The molecule has 4 aliphatic rings. The Morgan fingerprint density at radius 1 is 1.08 bits per heavy atom. The van der Waals surface area contributed by atoms with Crippen molar-refractivity contribution in [3.63, 3.8) is 0 Å². The number of carbonyl (C=O) groups is 3. The van der Waals surface area contributed by atoms with E-state index in [1.54, 1.807) is 0 Å². The predicted molar refractivity (Wildman–Crippen MR) is 94.1 cm³/mol. The predicted octanol–water partition coefficient (Wildman–Crippen LogP) is 2.82. The van der Waals surface area contributed by atoms with E-state index in [2.05, 4.69) is 13.8 Å². The largest absolute Gasteiger partial charge is 0.462 e. The zero-order valence-electron chi connectivity index (χ0n) is 16.0. The normalized spacial score (nSPS) is 50.6. The summed E-state index contributed by atoms with van der Waals surface area (Å²) in [5.74, 6) is 0.613. The summed E-state index contributed by atoms with van der Waals surface area (Å²) >= 11 is 0. The van der Waals surface area contributed by atoms with Gasteiger partial charge in [-0.05, 0) is 49.9 Å². The summed E-state index contributed by atoms with van der Waals surface area (Å²) < 4.78 is 5.34. The fourth-order valence-electron chi connectivity index (χ4n) is 7.11. The summed E-state index contributed by atoms with van der Waals surface area (Å²) in [6.07, 6.45) is 4.85. The topological polar surface area (TPSA) is 80.7 Å². The van der Waals surface area contributed by atoms with Crippen LogP contribution in [0.25, 0.3) is 0 Å². The molecule has 0 bridgehead atoms. The Labute approximate surface area is 154 Å². The van der Waals surface area contributed by atoms with E-state index in [0.717, 1.165) is 19.3 Å². The summed E-state index contributed by atoms with van der Waals surface area (Å²) in [6, 6.07) is 0. The van der Waals surface area contributed by atoms with Gasteiger partial charge in [-0.1, -0.05) is 13.8 Å². The van der Waals surface area contributed by atoms with Gasteiger partial charge in [-0.3, -0.25) is 14.4 Å². The molecule has 0 aromatic heterocycles. The molecule has 5 heteroatoms. The van der Waals surface area contributed by atoms with Gasteiger partial charge in [0.25, 0.3) is 0 Å². The Balaban J connectivity index is 1.66. The van der Waals surface area contributed by atoms with Crippen molar-refractivity contribution in [3.8, 4) is 0 Å². The van der Waals surface area contributed by atoms with Crippen LogP contribution in [0.15, 0.2) is 0 Å². The highest BCUT2D eigenvalue weighted by atomic mass is 16.5. The first-order valence-corrected chi connectivity index (χ1v) is 10.1. The number of carbonyl (C=O) groups excluding carboxylic acids is 3. The molecule has 0 aromatic carbocycles. The van der Waals surface area contributed by atoms with Gasteiger partial charge in [0.1, 0.15) is 17.5 Å². The second kappa shape index (κ2) is 5.63. The number of ether oxygens (including phenoxy) is 1. The summed E-state index contributed by atoms with van der Waals surface area (Å²) in [5.41, 5.74) is -2.18. The number of fused-ring (bicyclic) bond motifs is 5. The van der Waals surface area contributed by atoms with Crippen LogP contribution in [0, 0.1) is 28.6 Å². The Morgan fingerprint density at radius 2 is 1.81 bits per heavy atom. The first-order valence-electron chi connectivity index (χ1n) is 10.1. The number of rotatable bonds is 1. The first kappa shape index (κ1) is 18.1. The molecule has 144 valence electrons. The molecule has 0 aromatic rings. The van der Waals surface area contributed by atoms with Crippen LogP contribution in [0.1, 0.15) is 72.1 Å². The van der Waals surface area contributed by atoms with E-state index < -0.39 is 11.0 Å². The Hall–Kier alpha value is -1.23. The Kier molecular flexibility index (Phi) is 3.93. The Morgan fingerprint density at radius 3 is 2.50 bits per heavy atom. The smallest absolute Gasteiger partial charge is 0.302 e. The number of esters is 1. The molecule has 4 rings (SSSR count). The number of aliphatic hydroxyl groups is 1. The van der Waals surface area contributed by atoms with Gasteiger partial charge in [-0.2, -0.15) is 0 Å². The van der Waals surface area contributed by atoms with Crippen molar-refractivity contribution >= 4 is 17.5 Å². The maximum Gasteiger partial charge on any atom is 0.302 e. The highest BCUT2D eigenvalue weighted by molar-refractivity contribution is 5.91. The quantitative estimate of drug-likeness (QED) is 0.726. The van der Waals surface area contributed by atoms with Gasteiger partial charge in [0, 0.05) is 37.0 Å². The molecule has 4 fully saturated rings. The lowest BCUT2D eigenvalue weighted by molar-refractivity contribution is -0.215. The lowest BCUT2D eigenvalue weighted by atomic mass is 9.43. The molecule has 4 saturated carbocycles. The lowest BCUT2D eigenvalue weighted by Gasteiger charge is -2.62. The summed E-state index contributed by atoms with van der Waals surface area (Å²) in [4.78, 5) is 37.0. The molecule has 4 aliphatic carbocycles. The number of hydrogen-bond donors (Lipinski definition) is 1. The van der Waals surface area contributed by atoms with E-state index in [0.29, 0.717) is 31.5 Å². The summed E-state index contributed by atoms with van der Waals surface area (Å²) in [5, 5.41) is 11.5. The SMILES string of the molecule is CC(=O)O[C@H]1CC[C@]2(C)[C@H]3CC[C@]4(C)C(=O)CC[C@H]4[C@@H]3CC(=O)[C@@]2(O)C1. The zero-order valence-corrected chi connectivity index (χ0v) is 16.0. The molecule has 0 aliphatic heterocycles. The van der Waals surface area contributed by atoms with Crippen molar-refractivity contribution in [1.29, 1.82) is 0 Å². The van der Waals surface area contributed by atoms with Crippen molar-refractivity contribution < 1.29 is 24.2 Å². The second-order valence-electron chi connectivity index (χ2n) is 9.67. The molecular formula is C21H30O5. The third-order valence-electron chi connectivity index (χ3n) is 8.63. The van der Waals surface area contributed by atoms with Gasteiger partial charge in [0.2, 0.25) is 0 Å². The molecule has 0 amide bonds. The minimum atomic E-state index is -1.41. The van der Waals surface area contributed by atoms with Crippen molar-refractivity contribution in [3.05, 3.63) is 0 Å². The molecular weight excluding hydrogens is 332 g/mol. The number of Topliss-reactive ketones (excluding diaryl/α,β-unsaturated/α-hetero) is 2. The van der Waals surface area contributed by atoms with Crippen LogP contribution in [-0.2, 0) is 19.1 Å². The molecule has 0 spiro atoms. The van der Waals surface area contributed by atoms with E-state index in [-0.39, 0.29) is 47.4 Å². The molecule has 7 atom stereocenters. The van der Waals surface area contributed by atoms with Crippen LogP contribution in [0.3, 0.4) is 0 Å². The minimum Gasteiger partial charge on any atom is -0.462 e. The van der Waals surface area contributed by atoms with Crippen LogP contribution >= 0.6 is 0 Å². The second-order valence-corrected chi connectivity index (χ2v) is 9.67. The summed E-state index contributed by atoms with van der Waals surface area (Å²) in [7, 11) is 0. The van der Waals surface area contributed by atoms with Crippen molar-refractivity contribution in [1.82, 2.24) is 0 Å². The standard InChI is InChI=1S/C21H30O5/c1-12(22)26-13-6-9-20(3)16-7-8-19(2)15(4-5-17(19)23)14(16)10-18(24)21(20,25)11-13/h13-16,25H,4-11H2,1-3H3/t13-,14-,15-,16-,19-,20+,21-/m0/s1. The van der Waals surface area contributed by atoms with E-state index >= 15 is 0 Å². The maximum absolute atomic E-state index is 13.1. The fraction of sp³-hybridized carbons (Fsp3) is 0.857. The molecule has 0 saturated heterocycles. The van der Waals surface area contributed by atoms with Crippen LogP contribution in [0.2, 0.25) is 0 Å². The number of ketones is 2. The van der Waals surface area contributed by atoms with E-state index in [4.69, 9.17) is 4.74 Å². The number of hydrogen-bond acceptors (Lipinski definition) is 5. The fourth-order valence-corrected chi connectivity index (χ4v) is 7.11. The average molecular weight is 362 g/mol.